The molecule has 1 aromatic rings. The second kappa shape index (κ2) is 5.00. The molecule has 0 amide bonds. The maximum atomic E-state index is 5.49. The van der Waals surface area contributed by atoms with Gasteiger partial charge in [0.15, 0.2) is 0 Å². The summed E-state index contributed by atoms with van der Waals surface area (Å²) in [6.07, 6.45) is 0. The van der Waals surface area contributed by atoms with Crippen LogP contribution < -0.4 is 5.73 Å². The van der Waals surface area contributed by atoms with Crippen molar-refractivity contribution in [3.63, 3.8) is 0 Å². The molecular formula is C10H8BrNS. The van der Waals surface area contributed by atoms with Crippen LogP contribution in [0.1, 0.15) is 11.1 Å². The minimum Gasteiger partial charge on any atom is -0.389 e. The lowest BCUT2D eigenvalue weighted by Crippen LogP contribution is -2.08. The van der Waals surface area contributed by atoms with Gasteiger partial charge in [-0.15, -0.1) is 0 Å². The molecule has 0 bridgehead atoms. The Hall–Kier alpha value is -0.850. The Kier molecular flexibility index (Phi) is 3.94. The average molecular weight is 254 g/mol. The van der Waals surface area contributed by atoms with E-state index in [1.54, 1.807) is 0 Å². The number of halogens is 1. The van der Waals surface area contributed by atoms with Crippen LogP contribution in [0.3, 0.4) is 0 Å². The van der Waals surface area contributed by atoms with Gasteiger partial charge in [0.1, 0.15) is 4.99 Å². The van der Waals surface area contributed by atoms with Gasteiger partial charge < -0.3 is 5.73 Å². The summed E-state index contributed by atoms with van der Waals surface area (Å²) in [6.45, 7) is 0. The smallest absolute Gasteiger partial charge is 0.104 e. The lowest BCUT2D eigenvalue weighted by atomic mass is 10.1. The van der Waals surface area contributed by atoms with Gasteiger partial charge in [-0.2, -0.15) is 0 Å². The van der Waals surface area contributed by atoms with Gasteiger partial charge in [0.05, 0.1) is 5.33 Å². The van der Waals surface area contributed by atoms with Crippen LogP contribution in [0.4, 0.5) is 0 Å². The van der Waals surface area contributed by atoms with Crippen LogP contribution in [-0.4, -0.2) is 10.3 Å². The summed E-state index contributed by atoms with van der Waals surface area (Å²) in [5.41, 5.74) is 7.28. The van der Waals surface area contributed by atoms with Gasteiger partial charge >= 0.3 is 0 Å². The molecule has 0 saturated carbocycles. The molecule has 2 N–H and O–H groups in total. The lowest BCUT2D eigenvalue weighted by Gasteiger charge is -1.97. The highest BCUT2D eigenvalue weighted by Crippen LogP contribution is 2.03. The van der Waals surface area contributed by atoms with Crippen molar-refractivity contribution in [1.82, 2.24) is 0 Å². The molecule has 1 nitrogen and oxygen atoms in total. The maximum Gasteiger partial charge on any atom is 0.104 e. The van der Waals surface area contributed by atoms with E-state index in [1.165, 1.54) is 0 Å². The number of hydrogen-bond donors (Lipinski definition) is 1. The van der Waals surface area contributed by atoms with Crippen LogP contribution in [0.25, 0.3) is 0 Å². The summed E-state index contributed by atoms with van der Waals surface area (Å²) >= 11 is 8.08. The third kappa shape index (κ3) is 3.17. The summed E-state index contributed by atoms with van der Waals surface area (Å²) in [7, 11) is 0. The van der Waals surface area contributed by atoms with Crippen molar-refractivity contribution in [3.05, 3.63) is 35.4 Å². The van der Waals surface area contributed by atoms with Crippen molar-refractivity contribution in [3.8, 4) is 11.8 Å². The molecule has 0 aromatic heterocycles. The molecule has 1 rings (SSSR count). The summed E-state index contributed by atoms with van der Waals surface area (Å²) in [4.78, 5) is 0.405. The highest BCUT2D eigenvalue weighted by molar-refractivity contribution is 9.09. The van der Waals surface area contributed by atoms with E-state index in [4.69, 9.17) is 18.0 Å². The van der Waals surface area contributed by atoms with E-state index in [2.05, 4.69) is 27.8 Å². The van der Waals surface area contributed by atoms with Gasteiger partial charge in [-0.3, -0.25) is 0 Å². The van der Waals surface area contributed by atoms with E-state index in [1.807, 2.05) is 24.3 Å². The van der Waals surface area contributed by atoms with Crippen molar-refractivity contribution >= 4 is 33.1 Å². The third-order valence-electron chi connectivity index (χ3n) is 1.45. The fraction of sp³-hybridized carbons (Fsp3) is 0.100. The minimum absolute atomic E-state index is 0.405. The Balaban J connectivity index is 2.98. The average Bonchev–Trinajstić information content (AvgIpc) is 2.15. The molecule has 0 saturated heterocycles. The normalized spacial score (nSPS) is 8.69. The Bertz CT molecular complexity index is 376. The quantitative estimate of drug-likeness (QED) is 0.471. The molecule has 66 valence electrons. The highest BCUT2D eigenvalue weighted by atomic mass is 79.9. The number of nitrogens with two attached hydrogens (primary N) is 1. The minimum atomic E-state index is 0.405. The van der Waals surface area contributed by atoms with Crippen LogP contribution in [-0.2, 0) is 0 Å². The molecule has 0 radical (unpaired) electrons. The summed E-state index contributed by atoms with van der Waals surface area (Å²) < 4.78 is 0. The fourth-order valence-electron chi connectivity index (χ4n) is 0.886. The predicted molar refractivity (Wildman–Crippen MR) is 63.0 cm³/mol. The summed E-state index contributed by atoms with van der Waals surface area (Å²) in [5.74, 6) is 5.89. The van der Waals surface area contributed by atoms with E-state index in [0.717, 1.165) is 11.1 Å². The monoisotopic (exact) mass is 253 g/mol. The molecule has 1 aromatic carbocycles. The third-order valence-corrected chi connectivity index (χ3v) is 1.96. The highest BCUT2D eigenvalue weighted by Gasteiger charge is 1.95. The molecule has 0 aliphatic rings. The number of rotatable bonds is 1. The molecule has 0 fully saturated rings. The number of hydrogen-bond acceptors (Lipinski definition) is 1. The number of benzene rings is 1. The van der Waals surface area contributed by atoms with Gasteiger partial charge in [0.25, 0.3) is 0 Å². The van der Waals surface area contributed by atoms with Gasteiger partial charge in [-0.1, -0.05) is 52.1 Å². The second-order valence-electron chi connectivity index (χ2n) is 2.38. The summed E-state index contributed by atoms with van der Waals surface area (Å²) in [5, 5.41) is 0.671. The zero-order valence-electron chi connectivity index (χ0n) is 6.88. The lowest BCUT2D eigenvalue weighted by molar-refractivity contribution is 1.58. The van der Waals surface area contributed by atoms with E-state index in [-0.39, 0.29) is 0 Å². The SMILES string of the molecule is NC(=S)c1cccc(C#CCBr)c1. The molecule has 0 atom stereocenters. The first-order valence-electron chi connectivity index (χ1n) is 3.68. The van der Waals surface area contributed by atoms with Crippen molar-refractivity contribution in [2.45, 2.75) is 0 Å². The standard InChI is InChI=1S/C10H8BrNS/c11-6-2-4-8-3-1-5-9(7-8)10(12)13/h1,3,5,7H,6H2,(H2,12,13). The first-order chi connectivity index (χ1) is 6.24. The molecule has 0 aliphatic heterocycles. The Morgan fingerprint density at radius 1 is 1.54 bits per heavy atom. The topological polar surface area (TPSA) is 26.0 Å². The van der Waals surface area contributed by atoms with Crippen LogP contribution in [0.2, 0.25) is 0 Å². The maximum absolute atomic E-state index is 5.49. The van der Waals surface area contributed by atoms with Gasteiger partial charge in [0.2, 0.25) is 0 Å². The van der Waals surface area contributed by atoms with Gasteiger partial charge in [0, 0.05) is 11.1 Å². The molecule has 13 heavy (non-hydrogen) atoms. The summed E-state index contributed by atoms with van der Waals surface area (Å²) in [6, 6.07) is 7.59. The predicted octanol–water partition coefficient (Wildman–Crippen LogP) is 2.07. The number of thiocarbonyl (C=S) groups is 1. The first-order valence-corrected chi connectivity index (χ1v) is 5.21. The second-order valence-corrected chi connectivity index (χ2v) is 3.38. The van der Waals surface area contributed by atoms with Crippen LogP contribution in [0.15, 0.2) is 24.3 Å². The van der Waals surface area contributed by atoms with E-state index in [9.17, 15) is 0 Å². The largest absolute Gasteiger partial charge is 0.389 e. The van der Waals surface area contributed by atoms with Crippen molar-refractivity contribution in [2.75, 3.05) is 5.33 Å². The van der Waals surface area contributed by atoms with E-state index in [0.29, 0.717) is 10.3 Å². The molecule has 0 unspecified atom stereocenters. The molecule has 0 heterocycles. The van der Waals surface area contributed by atoms with Gasteiger partial charge in [-0.25, -0.2) is 0 Å². The molecule has 0 spiro atoms. The Morgan fingerprint density at radius 2 is 2.31 bits per heavy atom. The zero-order valence-corrected chi connectivity index (χ0v) is 9.28. The Morgan fingerprint density at radius 3 is 2.92 bits per heavy atom. The van der Waals surface area contributed by atoms with Crippen LogP contribution >= 0.6 is 28.1 Å². The number of alkyl halides is 1. The Labute approximate surface area is 91.5 Å². The van der Waals surface area contributed by atoms with Crippen LogP contribution in [0.5, 0.6) is 0 Å². The molecule has 3 heteroatoms. The molecule has 0 aliphatic carbocycles. The molecular weight excluding hydrogens is 246 g/mol. The van der Waals surface area contributed by atoms with E-state index >= 15 is 0 Å². The van der Waals surface area contributed by atoms with Gasteiger partial charge in [-0.05, 0) is 12.1 Å². The zero-order chi connectivity index (χ0) is 9.68. The van der Waals surface area contributed by atoms with Crippen molar-refractivity contribution in [2.24, 2.45) is 5.73 Å². The first kappa shape index (κ1) is 10.2. The van der Waals surface area contributed by atoms with Crippen molar-refractivity contribution in [1.29, 1.82) is 0 Å². The van der Waals surface area contributed by atoms with Crippen molar-refractivity contribution < 1.29 is 0 Å². The van der Waals surface area contributed by atoms with Crippen LogP contribution in [0, 0.1) is 11.8 Å². The van der Waals surface area contributed by atoms with E-state index < -0.39 is 0 Å². The fourth-order valence-corrected chi connectivity index (χ4v) is 1.15.